The standard InChI is InChI=1S/C15H18O2/c16-14-10-9-13-12(14)7-4-8-15(13)17-11-5-2-1-3-6-11/h1-3,5-6,12-13,15H,4,7-10H2/t12-,13+,15+/m0/s1. The van der Waals surface area contributed by atoms with Gasteiger partial charge >= 0.3 is 0 Å². The molecule has 0 heterocycles. The maximum absolute atomic E-state index is 11.8. The Hall–Kier alpha value is -1.31. The third-order valence-corrected chi connectivity index (χ3v) is 4.17. The van der Waals surface area contributed by atoms with Crippen LogP contribution in [0, 0.1) is 11.8 Å². The fourth-order valence-electron chi connectivity index (χ4n) is 3.33. The van der Waals surface area contributed by atoms with Crippen molar-refractivity contribution in [3.63, 3.8) is 0 Å². The third-order valence-electron chi connectivity index (χ3n) is 4.17. The molecule has 3 rings (SSSR count). The zero-order valence-electron chi connectivity index (χ0n) is 9.97. The van der Waals surface area contributed by atoms with Crippen LogP contribution in [0.2, 0.25) is 0 Å². The highest BCUT2D eigenvalue weighted by atomic mass is 16.5. The molecule has 1 aromatic carbocycles. The molecule has 0 bridgehead atoms. The fraction of sp³-hybridized carbons (Fsp3) is 0.533. The van der Waals surface area contributed by atoms with Gasteiger partial charge in [-0.05, 0) is 37.8 Å². The fourth-order valence-corrected chi connectivity index (χ4v) is 3.33. The van der Waals surface area contributed by atoms with Crippen LogP contribution < -0.4 is 4.74 Å². The number of hydrogen-bond acceptors (Lipinski definition) is 2. The number of carbonyl (C=O) groups excluding carboxylic acids is 1. The van der Waals surface area contributed by atoms with Crippen LogP contribution in [0.5, 0.6) is 5.75 Å². The maximum atomic E-state index is 11.8. The number of ketones is 1. The van der Waals surface area contributed by atoms with Gasteiger partial charge < -0.3 is 4.74 Å². The van der Waals surface area contributed by atoms with Gasteiger partial charge in [-0.15, -0.1) is 0 Å². The molecule has 2 nitrogen and oxygen atoms in total. The molecule has 2 saturated carbocycles. The van der Waals surface area contributed by atoms with Gasteiger partial charge in [0, 0.05) is 18.3 Å². The first-order valence-electron chi connectivity index (χ1n) is 6.59. The molecular formula is C15H18O2. The Kier molecular flexibility index (Phi) is 2.87. The predicted octanol–water partition coefficient (Wildman–Crippen LogP) is 3.21. The number of hydrogen-bond donors (Lipinski definition) is 0. The van der Waals surface area contributed by atoms with Gasteiger partial charge in [0.1, 0.15) is 17.6 Å². The molecule has 0 saturated heterocycles. The summed E-state index contributed by atoms with van der Waals surface area (Å²) in [6.45, 7) is 0. The van der Waals surface area contributed by atoms with Gasteiger partial charge in [-0.2, -0.15) is 0 Å². The second kappa shape index (κ2) is 4.52. The molecule has 17 heavy (non-hydrogen) atoms. The van der Waals surface area contributed by atoms with Gasteiger partial charge in [0.05, 0.1) is 0 Å². The first-order chi connectivity index (χ1) is 8.34. The number of benzene rings is 1. The van der Waals surface area contributed by atoms with Crippen LogP contribution in [-0.4, -0.2) is 11.9 Å². The quantitative estimate of drug-likeness (QED) is 0.779. The minimum atomic E-state index is 0.252. The van der Waals surface area contributed by atoms with E-state index in [1.807, 2.05) is 30.3 Å². The summed E-state index contributed by atoms with van der Waals surface area (Å²) in [4.78, 5) is 11.8. The molecule has 2 aliphatic carbocycles. The van der Waals surface area contributed by atoms with Crippen molar-refractivity contribution in [2.45, 2.75) is 38.2 Å². The second-order valence-corrected chi connectivity index (χ2v) is 5.18. The lowest BCUT2D eigenvalue weighted by Crippen LogP contribution is -2.35. The molecule has 0 radical (unpaired) electrons. The first-order valence-corrected chi connectivity index (χ1v) is 6.59. The van der Waals surface area contributed by atoms with E-state index in [1.165, 1.54) is 0 Å². The number of rotatable bonds is 2. The summed E-state index contributed by atoms with van der Waals surface area (Å²) in [6.07, 6.45) is 5.36. The first kappa shape index (κ1) is 10.8. The predicted molar refractivity (Wildman–Crippen MR) is 65.9 cm³/mol. The Balaban J connectivity index is 1.73. The van der Waals surface area contributed by atoms with Gasteiger partial charge in [0.2, 0.25) is 0 Å². The summed E-state index contributed by atoms with van der Waals surface area (Å²) >= 11 is 0. The van der Waals surface area contributed by atoms with Crippen molar-refractivity contribution in [1.82, 2.24) is 0 Å². The summed E-state index contributed by atoms with van der Waals surface area (Å²) in [5, 5.41) is 0. The van der Waals surface area contributed by atoms with Crippen LogP contribution in [-0.2, 0) is 4.79 Å². The van der Waals surface area contributed by atoms with Crippen LogP contribution in [0.15, 0.2) is 30.3 Å². The smallest absolute Gasteiger partial charge is 0.136 e. The van der Waals surface area contributed by atoms with E-state index in [0.717, 1.165) is 37.9 Å². The average Bonchev–Trinajstić information content (AvgIpc) is 2.74. The lowest BCUT2D eigenvalue weighted by Gasteiger charge is -2.33. The van der Waals surface area contributed by atoms with Gasteiger partial charge in [-0.3, -0.25) is 4.79 Å². The molecule has 2 heteroatoms. The van der Waals surface area contributed by atoms with Crippen molar-refractivity contribution >= 4 is 5.78 Å². The van der Waals surface area contributed by atoms with Crippen LogP contribution in [0.25, 0.3) is 0 Å². The van der Waals surface area contributed by atoms with Crippen molar-refractivity contribution < 1.29 is 9.53 Å². The SMILES string of the molecule is O=C1CC[C@@H]2[C@@H]1CCC[C@H]2Oc1ccccc1. The molecular weight excluding hydrogens is 212 g/mol. The summed E-state index contributed by atoms with van der Waals surface area (Å²) in [5.74, 6) is 2.17. The minimum absolute atomic E-state index is 0.252. The molecule has 0 amide bonds. The van der Waals surface area contributed by atoms with E-state index in [0.29, 0.717) is 11.7 Å². The van der Waals surface area contributed by atoms with E-state index in [1.54, 1.807) is 0 Å². The molecule has 1 aromatic rings. The van der Waals surface area contributed by atoms with Gasteiger partial charge in [0.15, 0.2) is 0 Å². The number of fused-ring (bicyclic) bond motifs is 1. The Morgan fingerprint density at radius 2 is 1.88 bits per heavy atom. The van der Waals surface area contributed by atoms with Crippen LogP contribution >= 0.6 is 0 Å². The molecule has 90 valence electrons. The summed E-state index contributed by atoms with van der Waals surface area (Å²) in [6, 6.07) is 9.99. The number of carbonyl (C=O) groups is 1. The molecule has 0 aromatic heterocycles. The van der Waals surface area contributed by atoms with Crippen LogP contribution in [0.1, 0.15) is 32.1 Å². The lowest BCUT2D eigenvalue weighted by atomic mass is 9.79. The molecule has 0 spiro atoms. The third kappa shape index (κ3) is 2.08. The molecule has 2 aliphatic rings. The highest BCUT2D eigenvalue weighted by Gasteiger charge is 2.42. The Morgan fingerprint density at radius 3 is 2.71 bits per heavy atom. The number of para-hydroxylation sites is 1. The zero-order valence-corrected chi connectivity index (χ0v) is 9.97. The maximum Gasteiger partial charge on any atom is 0.136 e. The highest BCUT2D eigenvalue weighted by molar-refractivity contribution is 5.83. The van der Waals surface area contributed by atoms with Crippen molar-refractivity contribution in [2.75, 3.05) is 0 Å². The van der Waals surface area contributed by atoms with Gasteiger partial charge in [0.25, 0.3) is 0 Å². The van der Waals surface area contributed by atoms with E-state index < -0.39 is 0 Å². The molecule has 2 fully saturated rings. The Morgan fingerprint density at radius 1 is 1.06 bits per heavy atom. The van der Waals surface area contributed by atoms with Crippen molar-refractivity contribution in [3.8, 4) is 5.75 Å². The molecule has 3 atom stereocenters. The largest absolute Gasteiger partial charge is 0.490 e. The van der Waals surface area contributed by atoms with Crippen molar-refractivity contribution in [1.29, 1.82) is 0 Å². The summed E-state index contributed by atoms with van der Waals surface area (Å²) in [5.41, 5.74) is 0. The monoisotopic (exact) mass is 230 g/mol. The van der Waals surface area contributed by atoms with Gasteiger partial charge in [-0.1, -0.05) is 18.2 Å². The summed E-state index contributed by atoms with van der Waals surface area (Å²) in [7, 11) is 0. The Bertz CT molecular complexity index is 399. The Labute approximate surface area is 102 Å². The van der Waals surface area contributed by atoms with E-state index in [9.17, 15) is 4.79 Å². The van der Waals surface area contributed by atoms with E-state index in [-0.39, 0.29) is 12.0 Å². The van der Waals surface area contributed by atoms with Gasteiger partial charge in [-0.25, -0.2) is 0 Å². The molecule has 0 N–H and O–H groups in total. The van der Waals surface area contributed by atoms with Crippen LogP contribution in [0.3, 0.4) is 0 Å². The second-order valence-electron chi connectivity index (χ2n) is 5.18. The number of Topliss-reactive ketones (excluding diaryl/α,β-unsaturated/α-hetero) is 1. The zero-order chi connectivity index (χ0) is 11.7. The van der Waals surface area contributed by atoms with Crippen molar-refractivity contribution in [2.24, 2.45) is 11.8 Å². The lowest BCUT2D eigenvalue weighted by molar-refractivity contribution is -0.122. The number of ether oxygens (including phenoxy) is 1. The molecule has 0 unspecified atom stereocenters. The van der Waals surface area contributed by atoms with E-state index in [2.05, 4.69) is 0 Å². The normalized spacial score (nSPS) is 32.2. The average molecular weight is 230 g/mol. The molecule has 0 aliphatic heterocycles. The topological polar surface area (TPSA) is 26.3 Å². The van der Waals surface area contributed by atoms with Crippen molar-refractivity contribution in [3.05, 3.63) is 30.3 Å². The summed E-state index contributed by atoms with van der Waals surface area (Å²) < 4.78 is 6.07. The minimum Gasteiger partial charge on any atom is -0.490 e. The van der Waals surface area contributed by atoms with Crippen LogP contribution in [0.4, 0.5) is 0 Å². The highest BCUT2D eigenvalue weighted by Crippen LogP contribution is 2.41. The van der Waals surface area contributed by atoms with E-state index in [4.69, 9.17) is 4.74 Å². The van der Waals surface area contributed by atoms with E-state index >= 15 is 0 Å².